The molecule has 8 heteroatoms. The van der Waals surface area contributed by atoms with Crippen molar-refractivity contribution in [1.82, 2.24) is 0 Å². The molecule has 0 aliphatic rings. The Hall–Kier alpha value is -2.15. The van der Waals surface area contributed by atoms with Gasteiger partial charge < -0.3 is 15.2 Å². The Morgan fingerprint density at radius 2 is 1.62 bits per heavy atom. The maximum atomic E-state index is 13.4. The van der Waals surface area contributed by atoms with Crippen LogP contribution in [-0.4, -0.2) is 6.36 Å². The predicted octanol–water partition coefficient (Wildman–Crippen LogP) is 4.75. The van der Waals surface area contributed by atoms with Crippen LogP contribution in [0.3, 0.4) is 0 Å². The highest BCUT2D eigenvalue weighted by molar-refractivity contribution is 6.31. The van der Waals surface area contributed by atoms with Gasteiger partial charge in [0.15, 0.2) is 17.2 Å². The summed E-state index contributed by atoms with van der Waals surface area (Å²) in [6.07, 6.45) is -4.88. The van der Waals surface area contributed by atoms with E-state index in [1.54, 1.807) is 0 Å². The molecular weight excluding hydrogens is 314 g/mol. The molecule has 0 aromatic heterocycles. The van der Waals surface area contributed by atoms with Gasteiger partial charge in [0.25, 0.3) is 0 Å². The number of hydrogen-bond donors (Lipinski definition) is 1. The molecular formula is C13H8ClF4NO2. The number of benzene rings is 2. The molecule has 2 N–H and O–H groups in total. The fourth-order valence-electron chi connectivity index (χ4n) is 1.49. The smallest absolute Gasteiger partial charge is 0.451 e. The van der Waals surface area contributed by atoms with E-state index < -0.39 is 17.9 Å². The fraction of sp³-hybridized carbons (Fsp3) is 0.0769. The van der Waals surface area contributed by atoms with Crippen LogP contribution in [0.5, 0.6) is 17.2 Å². The van der Waals surface area contributed by atoms with E-state index >= 15 is 0 Å². The van der Waals surface area contributed by atoms with E-state index in [1.807, 2.05) is 0 Å². The van der Waals surface area contributed by atoms with Gasteiger partial charge in [0.1, 0.15) is 5.82 Å². The number of alkyl halides is 3. The fourth-order valence-corrected chi connectivity index (χ4v) is 1.67. The second-order valence-electron chi connectivity index (χ2n) is 3.90. The molecule has 0 amide bonds. The van der Waals surface area contributed by atoms with Crippen molar-refractivity contribution in [3.63, 3.8) is 0 Å². The lowest BCUT2D eigenvalue weighted by molar-refractivity contribution is -0.275. The quantitative estimate of drug-likeness (QED) is 0.655. The lowest BCUT2D eigenvalue weighted by atomic mass is 10.2. The summed E-state index contributed by atoms with van der Waals surface area (Å²) in [5.41, 5.74) is 5.55. The SMILES string of the molecule is Nc1cc(Cl)c(F)cc1Oc1ccccc1OC(F)(F)F. The Kier molecular flexibility index (Phi) is 4.13. The lowest BCUT2D eigenvalue weighted by Crippen LogP contribution is -2.17. The Morgan fingerprint density at radius 3 is 2.24 bits per heavy atom. The van der Waals surface area contributed by atoms with E-state index in [4.69, 9.17) is 22.1 Å². The molecule has 0 saturated heterocycles. The van der Waals surface area contributed by atoms with E-state index in [-0.39, 0.29) is 22.2 Å². The first-order valence-electron chi connectivity index (χ1n) is 5.53. The van der Waals surface area contributed by atoms with Crippen molar-refractivity contribution < 1.29 is 27.0 Å². The maximum absolute atomic E-state index is 13.4. The molecule has 3 nitrogen and oxygen atoms in total. The van der Waals surface area contributed by atoms with E-state index in [1.165, 1.54) is 18.2 Å². The van der Waals surface area contributed by atoms with Crippen LogP contribution in [0, 0.1) is 5.82 Å². The Bertz CT molecular complexity index is 661. The van der Waals surface area contributed by atoms with Crippen LogP contribution in [-0.2, 0) is 0 Å². The second-order valence-corrected chi connectivity index (χ2v) is 4.31. The summed E-state index contributed by atoms with van der Waals surface area (Å²) >= 11 is 5.52. The summed E-state index contributed by atoms with van der Waals surface area (Å²) in [7, 11) is 0. The van der Waals surface area contributed by atoms with Crippen molar-refractivity contribution in [2.45, 2.75) is 6.36 Å². The van der Waals surface area contributed by atoms with E-state index in [2.05, 4.69) is 4.74 Å². The van der Waals surface area contributed by atoms with Crippen molar-refractivity contribution in [3.8, 4) is 17.2 Å². The Morgan fingerprint density at radius 1 is 1.00 bits per heavy atom. The number of ether oxygens (including phenoxy) is 2. The Balaban J connectivity index is 2.34. The van der Waals surface area contributed by atoms with Crippen molar-refractivity contribution in [2.75, 3.05) is 5.73 Å². The van der Waals surface area contributed by atoms with Crippen LogP contribution in [0.15, 0.2) is 36.4 Å². The van der Waals surface area contributed by atoms with Crippen LogP contribution in [0.2, 0.25) is 5.02 Å². The number of hydrogen-bond acceptors (Lipinski definition) is 3. The number of rotatable bonds is 3. The molecule has 0 heterocycles. The van der Waals surface area contributed by atoms with Crippen molar-refractivity contribution in [2.24, 2.45) is 0 Å². The van der Waals surface area contributed by atoms with Crippen molar-refractivity contribution in [3.05, 3.63) is 47.2 Å². The molecule has 0 aliphatic carbocycles. The topological polar surface area (TPSA) is 44.5 Å². The van der Waals surface area contributed by atoms with Gasteiger partial charge in [0, 0.05) is 6.07 Å². The molecule has 0 bridgehead atoms. The van der Waals surface area contributed by atoms with E-state index in [0.717, 1.165) is 18.2 Å². The number of para-hydroxylation sites is 2. The molecule has 21 heavy (non-hydrogen) atoms. The highest BCUT2D eigenvalue weighted by atomic mass is 35.5. The summed E-state index contributed by atoms with van der Waals surface area (Å²) in [5, 5.41) is -0.223. The van der Waals surface area contributed by atoms with Crippen LogP contribution >= 0.6 is 11.6 Å². The highest BCUT2D eigenvalue weighted by Crippen LogP contribution is 2.38. The predicted molar refractivity (Wildman–Crippen MR) is 69.0 cm³/mol. The molecule has 0 spiro atoms. The summed E-state index contributed by atoms with van der Waals surface area (Å²) in [5.74, 6) is -1.81. The monoisotopic (exact) mass is 321 g/mol. The molecule has 0 fully saturated rings. The first kappa shape index (κ1) is 15.2. The number of anilines is 1. The molecule has 2 aromatic rings. The summed E-state index contributed by atoms with van der Waals surface area (Å²) in [6, 6.07) is 7.03. The first-order chi connectivity index (χ1) is 9.76. The van der Waals surface area contributed by atoms with Crippen LogP contribution in [0.25, 0.3) is 0 Å². The Labute approximate surface area is 121 Å². The molecule has 2 rings (SSSR count). The molecule has 2 aromatic carbocycles. The van der Waals surface area contributed by atoms with Gasteiger partial charge in [-0.25, -0.2) is 4.39 Å². The zero-order chi connectivity index (χ0) is 15.6. The largest absolute Gasteiger partial charge is 0.573 e. The second kappa shape index (κ2) is 5.69. The minimum atomic E-state index is -4.88. The van der Waals surface area contributed by atoms with Crippen LogP contribution < -0.4 is 15.2 Å². The van der Waals surface area contributed by atoms with Gasteiger partial charge in [0.2, 0.25) is 0 Å². The minimum Gasteiger partial charge on any atom is -0.451 e. The zero-order valence-corrected chi connectivity index (χ0v) is 11.0. The van der Waals surface area contributed by atoms with Crippen LogP contribution in [0.1, 0.15) is 0 Å². The first-order valence-corrected chi connectivity index (χ1v) is 5.91. The number of nitrogen functional groups attached to an aromatic ring is 1. The van der Waals surface area contributed by atoms with Gasteiger partial charge in [-0.05, 0) is 18.2 Å². The average Bonchev–Trinajstić information content (AvgIpc) is 2.36. The third-order valence-electron chi connectivity index (χ3n) is 2.35. The third-order valence-corrected chi connectivity index (χ3v) is 2.64. The molecule has 112 valence electrons. The number of nitrogens with two attached hydrogens (primary N) is 1. The van der Waals surface area contributed by atoms with Gasteiger partial charge >= 0.3 is 6.36 Å². The standard InChI is InChI=1S/C13H8ClF4NO2/c14-7-5-9(19)12(6-8(7)15)20-10-3-1-2-4-11(10)21-13(16,17)18/h1-6H,19H2. The van der Waals surface area contributed by atoms with Gasteiger partial charge in [-0.3, -0.25) is 0 Å². The highest BCUT2D eigenvalue weighted by Gasteiger charge is 2.32. The summed E-state index contributed by atoms with van der Waals surface area (Å²) in [4.78, 5) is 0. The third kappa shape index (κ3) is 3.91. The normalized spacial score (nSPS) is 11.3. The van der Waals surface area contributed by atoms with Gasteiger partial charge in [0.05, 0.1) is 10.7 Å². The van der Waals surface area contributed by atoms with Crippen LogP contribution in [0.4, 0.5) is 23.2 Å². The van der Waals surface area contributed by atoms with E-state index in [0.29, 0.717) is 0 Å². The molecule has 0 radical (unpaired) electrons. The van der Waals surface area contributed by atoms with Gasteiger partial charge in [-0.15, -0.1) is 13.2 Å². The molecule has 0 saturated carbocycles. The minimum absolute atomic E-state index is 0.0248. The number of halogens is 5. The zero-order valence-electron chi connectivity index (χ0n) is 10.2. The molecule has 0 aliphatic heterocycles. The average molecular weight is 322 g/mol. The molecule has 0 atom stereocenters. The molecule has 0 unspecified atom stereocenters. The van der Waals surface area contributed by atoms with Crippen molar-refractivity contribution >= 4 is 17.3 Å². The summed E-state index contributed by atoms with van der Waals surface area (Å²) in [6.45, 7) is 0. The van der Waals surface area contributed by atoms with Gasteiger partial charge in [-0.2, -0.15) is 0 Å². The summed E-state index contributed by atoms with van der Waals surface area (Å²) < 4.78 is 59.2. The van der Waals surface area contributed by atoms with Gasteiger partial charge in [-0.1, -0.05) is 23.7 Å². The van der Waals surface area contributed by atoms with Crippen molar-refractivity contribution in [1.29, 1.82) is 0 Å². The van der Waals surface area contributed by atoms with E-state index in [9.17, 15) is 17.6 Å². The lowest BCUT2D eigenvalue weighted by Gasteiger charge is -2.14. The maximum Gasteiger partial charge on any atom is 0.573 e.